The fourth-order valence-corrected chi connectivity index (χ4v) is 2.28. The van der Waals surface area contributed by atoms with Crippen molar-refractivity contribution in [2.24, 2.45) is 4.99 Å². The Balaban J connectivity index is 2.54. The van der Waals surface area contributed by atoms with Crippen molar-refractivity contribution in [2.75, 3.05) is 0 Å². The van der Waals surface area contributed by atoms with E-state index in [0.717, 1.165) is 16.9 Å². The molecule has 0 fully saturated rings. The molecule has 1 aromatic carbocycles. The lowest BCUT2D eigenvalue weighted by atomic mass is 10.0. The van der Waals surface area contributed by atoms with E-state index in [1.807, 2.05) is 32.2 Å². The number of rotatable bonds is 3. The van der Waals surface area contributed by atoms with Crippen molar-refractivity contribution >= 4 is 22.2 Å². The zero-order valence-corrected chi connectivity index (χ0v) is 12.0. The van der Waals surface area contributed by atoms with Crippen LogP contribution in [0.1, 0.15) is 33.4 Å². The van der Waals surface area contributed by atoms with Crippen molar-refractivity contribution < 1.29 is 0 Å². The van der Waals surface area contributed by atoms with E-state index >= 15 is 0 Å². The first-order chi connectivity index (χ1) is 9.13. The summed E-state index contributed by atoms with van der Waals surface area (Å²) in [6, 6.07) is 10.5. The van der Waals surface area contributed by atoms with Crippen LogP contribution < -0.4 is 0 Å². The van der Waals surface area contributed by atoms with E-state index in [0.29, 0.717) is 0 Å². The number of nitrogens with one attached hydrogen (secondary N) is 1. The molecule has 0 aliphatic carbocycles. The lowest BCUT2D eigenvalue weighted by molar-refractivity contribution is 1.34. The molecule has 0 saturated heterocycles. The number of H-pyrrole nitrogens is 1. The Hall–Kier alpha value is -2.09. The van der Waals surface area contributed by atoms with Crippen LogP contribution in [0.3, 0.4) is 0 Å². The van der Waals surface area contributed by atoms with E-state index < -0.39 is 0 Å². The van der Waals surface area contributed by atoms with E-state index in [1.54, 1.807) is 0 Å². The van der Waals surface area contributed by atoms with Gasteiger partial charge in [-0.25, -0.2) is 0 Å². The molecule has 1 N–H and O–H groups in total. The van der Waals surface area contributed by atoms with Gasteiger partial charge in [-0.3, -0.25) is 4.99 Å². The lowest BCUT2D eigenvalue weighted by Gasteiger charge is -2.07. The molecular weight excluding hydrogens is 232 g/mol. The minimum atomic E-state index is 1.03. The summed E-state index contributed by atoms with van der Waals surface area (Å²) in [5, 5.41) is 1.23. The quantitative estimate of drug-likeness (QED) is 0.748. The third-order valence-electron chi connectivity index (χ3n) is 3.08. The average Bonchev–Trinajstić information content (AvgIpc) is 2.79. The first kappa shape index (κ1) is 13.3. The molecule has 0 radical (unpaired) electrons. The zero-order valence-electron chi connectivity index (χ0n) is 12.0. The zero-order chi connectivity index (χ0) is 13.8. The van der Waals surface area contributed by atoms with Crippen LogP contribution in [-0.2, 0) is 0 Å². The first-order valence-electron chi connectivity index (χ1n) is 6.55. The van der Waals surface area contributed by atoms with Gasteiger partial charge in [0.2, 0.25) is 0 Å². The van der Waals surface area contributed by atoms with Crippen LogP contribution >= 0.6 is 0 Å². The SMILES string of the molecule is C/C=C\N=C(C)C(=C(C)C)c1cc2ccccc2[nH]1. The number of aromatic amines is 1. The topological polar surface area (TPSA) is 28.1 Å². The van der Waals surface area contributed by atoms with Crippen LogP contribution in [-0.4, -0.2) is 10.7 Å². The minimum Gasteiger partial charge on any atom is -0.354 e. The van der Waals surface area contributed by atoms with Gasteiger partial charge in [0.15, 0.2) is 0 Å². The highest BCUT2D eigenvalue weighted by Gasteiger charge is 2.10. The van der Waals surface area contributed by atoms with E-state index in [1.165, 1.54) is 16.5 Å². The summed E-state index contributed by atoms with van der Waals surface area (Å²) in [6.45, 7) is 8.26. The predicted octanol–water partition coefficient (Wildman–Crippen LogP) is 4.96. The molecule has 0 atom stereocenters. The lowest BCUT2D eigenvalue weighted by Crippen LogP contribution is -1.99. The number of benzene rings is 1. The summed E-state index contributed by atoms with van der Waals surface area (Å²) in [7, 11) is 0. The van der Waals surface area contributed by atoms with Crippen LogP contribution in [0.4, 0.5) is 0 Å². The van der Waals surface area contributed by atoms with Crippen molar-refractivity contribution in [3.63, 3.8) is 0 Å². The molecule has 0 aliphatic rings. The van der Waals surface area contributed by atoms with Gasteiger partial charge in [-0.1, -0.05) is 29.8 Å². The number of aromatic nitrogens is 1. The summed E-state index contributed by atoms with van der Waals surface area (Å²) in [4.78, 5) is 7.94. The summed E-state index contributed by atoms with van der Waals surface area (Å²) in [6.07, 6.45) is 3.78. The molecule has 19 heavy (non-hydrogen) atoms. The van der Waals surface area contributed by atoms with Gasteiger partial charge in [-0.05, 0) is 39.8 Å². The molecule has 0 aliphatic heterocycles. The molecule has 98 valence electrons. The molecule has 2 nitrogen and oxygen atoms in total. The number of aliphatic imine (C=N–C) groups is 1. The Morgan fingerprint density at radius 1 is 1.16 bits per heavy atom. The second kappa shape index (κ2) is 5.70. The number of hydrogen-bond donors (Lipinski definition) is 1. The van der Waals surface area contributed by atoms with Crippen LogP contribution in [0, 0.1) is 0 Å². The Kier molecular flexibility index (Phi) is 4.00. The molecule has 0 amide bonds. The fourth-order valence-electron chi connectivity index (χ4n) is 2.28. The number of para-hydroxylation sites is 1. The van der Waals surface area contributed by atoms with Crippen molar-refractivity contribution in [3.05, 3.63) is 53.9 Å². The molecule has 0 unspecified atom stereocenters. The Morgan fingerprint density at radius 2 is 1.89 bits per heavy atom. The van der Waals surface area contributed by atoms with Gasteiger partial charge in [0.05, 0.1) is 0 Å². The van der Waals surface area contributed by atoms with E-state index in [4.69, 9.17) is 0 Å². The summed E-state index contributed by atoms with van der Waals surface area (Å²) < 4.78 is 0. The summed E-state index contributed by atoms with van der Waals surface area (Å²) in [5.41, 5.74) is 5.78. The van der Waals surface area contributed by atoms with Crippen LogP contribution in [0.25, 0.3) is 16.5 Å². The highest BCUT2D eigenvalue weighted by Crippen LogP contribution is 2.24. The molecule has 2 aromatic rings. The molecule has 0 spiro atoms. The Labute approximate surface area is 114 Å². The standard InChI is InChI=1S/C17H20N2/c1-5-10-18-13(4)17(12(2)3)16-11-14-8-6-7-9-15(14)19-16/h5-11,19H,1-4H3/b10-5-,18-13?. The van der Waals surface area contributed by atoms with E-state index in [9.17, 15) is 0 Å². The van der Waals surface area contributed by atoms with Gasteiger partial charge in [-0.15, -0.1) is 0 Å². The fraction of sp³-hybridized carbons (Fsp3) is 0.235. The molecule has 2 heteroatoms. The maximum absolute atomic E-state index is 4.47. The van der Waals surface area contributed by atoms with Crippen LogP contribution in [0.2, 0.25) is 0 Å². The number of fused-ring (bicyclic) bond motifs is 1. The van der Waals surface area contributed by atoms with Crippen molar-refractivity contribution in [3.8, 4) is 0 Å². The highest BCUT2D eigenvalue weighted by atomic mass is 14.7. The second-order valence-corrected chi connectivity index (χ2v) is 4.84. The van der Waals surface area contributed by atoms with Gasteiger partial charge in [0.1, 0.15) is 0 Å². The van der Waals surface area contributed by atoms with Crippen LogP contribution in [0.5, 0.6) is 0 Å². The molecule has 0 saturated carbocycles. The predicted molar refractivity (Wildman–Crippen MR) is 84.5 cm³/mol. The van der Waals surface area contributed by atoms with Gasteiger partial charge in [0.25, 0.3) is 0 Å². The second-order valence-electron chi connectivity index (χ2n) is 4.84. The third-order valence-corrected chi connectivity index (χ3v) is 3.08. The van der Waals surface area contributed by atoms with E-state index in [2.05, 4.69) is 48.1 Å². The first-order valence-corrected chi connectivity index (χ1v) is 6.55. The summed E-state index contributed by atoms with van der Waals surface area (Å²) in [5.74, 6) is 0. The number of allylic oxidation sites excluding steroid dienone is 3. The Bertz CT molecular complexity index is 632. The number of nitrogens with zero attached hydrogens (tertiary/aromatic N) is 1. The molecular formula is C17H20N2. The minimum absolute atomic E-state index is 1.03. The molecule has 0 bridgehead atoms. The highest BCUT2D eigenvalue weighted by molar-refractivity contribution is 6.23. The van der Waals surface area contributed by atoms with Crippen LogP contribution in [0.15, 0.2) is 53.2 Å². The van der Waals surface area contributed by atoms with Crippen molar-refractivity contribution in [2.45, 2.75) is 27.7 Å². The monoisotopic (exact) mass is 252 g/mol. The normalized spacial score (nSPS) is 12.3. The van der Waals surface area contributed by atoms with Crippen molar-refractivity contribution in [1.82, 2.24) is 4.98 Å². The van der Waals surface area contributed by atoms with Gasteiger partial charge < -0.3 is 4.98 Å². The smallest absolute Gasteiger partial charge is 0.0482 e. The van der Waals surface area contributed by atoms with Gasteiger partial charge in [0, 0.05) is 34.1 Å². The van der Waals surface area contributed by atoms with Crippen molar-refractivity contribution in [1.29, 1.82) is 0 Å². The van der Waals surface area contributed by atoms with Gasteiger partial charge >= 0.3 is 0 Å². The molecule has 1 aromatic heterocycles. The molecule has 2 rings (SSSR count). The Morgan fingerprint density at radius 3 is 2.53 bits per heavy atom. The maximum Gasteiger partial charge on any atom is 0.0482 e. The largest absolute Gasteiger partial charge is 0.354 e. The third kappa shape index (κ3) is 2.84. The number of hydrogen-bond acceptors (Lipinski definition) is 1. The maximum atomic E-state index is 4.47. The van der Waals surface area contributed by atoms with Gasteiger partial charge in [-0.2, -0.15) is 0 Å². The average molecular weight is 252 g/mol. The summed E-state index contributed by atoms with van der Waals surface area (Å²) >= 11 is 0. The molecule has 1 heterocycles. The van der Waals surface area contributed by atoms with E-state index in [-0.39, 0.29) is 0 Å².